The Labute approximate surface area is 131 Å². The van der Waals surface area contributed by atoms with Crippen molar-refractivity contribution in [1.82, 2.24) is 10.2 Å². The first-order valence-electron chi connectivity index (χ1n) is 7.41. The van der Waals surface area contributed by atoms with Gasteiger partial charge in [0.25, 0.3) is 5.91 Å². The number of hydrogen-bond acceptors (Lipinski definition) is 5. The number of hydrogen-bond donors (Lipinski definition) is 1. The SMILES string of the molecule is CNC1CCN(C(=O)c2cc(OC)c(OC)cc2OC)CC1. The molecule has 1 aliphatic heterocycles. The van der Waals surface area contributed by atoms with E-state index in [1.54, 1.807) is 33.5 Å². The molecule has 0 bridgehead atoms. The zero-order valence-electron chi connectivity index (χ0n) is 13.6. The first-order chi connectivity index (χ1) is 10.6. The molecule has 0 atom stereocenters. The minimum Gasteiger partial charge on any atom is -0.496 e. The lowest BCUT2D eigenvalue weighted by atomic mass is 10.0. The maximum Gasteiger partial charge on any atom is 0.257 e. The van der Waals surface area contributed by atoms with E-state index in [2.05, 4.69) is 5.32 Å². The van der Waals surface area contributed by atoms with E-state index in [0.29, 0.717) is 28.9 Å². The fraction of sp³-hybridized carbons (Fsp3) is 0.562. The van der Waals surface area contributed by atoms with Crippen LogP contribution in [0.2, 0.25) is 0 Å². The van der Waals surface area contributed by atoms with Gasteiger partial charge in [0.15, 0.2) is 11.5 Å². The highest BCUT2D eigenvalue weighted by atomic mass is 16.5. The van der Waals surface area contributed by atoms with Crippen molar-refractivity contribution in [1.29, 1.82) is 0 Å². The molecule has 0 aromatic heterocycles. The summed E-state index contributed by atoms with van der Waals surface area (Å²) in [6, 6.07) is 3.85. The molecule has 0 aliphatic carbocycles. The molecule has 0 unspecified atom stereocenters. The maximum absolute atomic E-state index is 12.8. The lowest BCUT2D eigenvalue weighted by molar-refractivity contribution is 0.0703. The first-order valence-corrected chi connectivity index (χ1v) is 7.41. The minimum atomic E-state index is -0.0349. The van der Waals surface area contributed by atoms with Gasteiger partial charge < -0.3 is 24.4 Å². The number of ether oxygens (including phenoxy) is 3. The topological polar surface area (TPSA) is 60.0 Å². The third-order valence-corrected chi connectivity index (χ3v) is 4.13. The van der Waals surface area contributed by atoms with E-state index in [4.69, 9.17) is 14.2 Å². The highest BCUT2D eigenvalue weighted by Gasteiger charge is 2.26. The molecule has 2 rings (SSSR count). The van der Waals surface area contributed by atoms with Gasteiger partial charge in [0.1, 0.15) is 5.75 Å². The van der Waals surface area contributed by atoms with Crippen molar-refractivity contribution in [3.05, 3.63) is 17.7 Å². The van der Waals surface area contributed by atoms with Gasteiger partial charge in [-0.1, -0.05) is 0 Å². The predicted molar refractivity (Wildman–Crippen MR) is 84.1 cm³/mol. The lowest BCUT2D eigenvalue weighted by Gasteiger charge is -2.32. The number of amides is 1. The Morgan fingerprint density at radius 2 is 1.59 bits per heavy atom. The molecule has 1 N–H and O–H groups in total. The Balaban J connectivity index is 2.25. The number of piperidine rings is 1. The van der Waals surface area contributed by atoms with Gasteiger partial charge in [0.05, 0.1) is 26.9 Å². The largest absolute Gasteiger partial charge is 0.496 e. The third kappa shape index (κ3) is 3.27. The molecule has 0 saturated carbocycles. The number of nitrogens with zero attached hydrogens (tertiary/aromatic N) is 1. The van der Waals surface area contributed by atoms with Crippen LogP contribution < -0.4 is 19.5 Å². The summed E-state index contributed by atoms with van der Waals surface area (Å²) >= 11 is 0. The van der Waals surface area contributed by atoms with Gasteiger partial charge in [-0.15, -0.1) is 0 Å². The van der Waals surface area contributed by atoms with E-state index in [-0.39, 0.29) is 5.91 Å². The van der Waals surface area contributed by atoms with Gasteiger partial charge >= 0.3 is 0 Å². The molecule has 1 aromatic rings. The summed E-state index contributed by atoms with van der Waals surface area (Å²) in [5.41, 5.74) is 0.503. The van der Waals surface area contributed by atoms with E-state index in [1.807, 2.05) is 11.9 Å². The average Bonchev–Trinajstić information content (AvgIpc) is 2.59. The zero-order valence-corrected chi connectivity index (χ0v) is 13.6. The van der Waals surface area contributed by atoms with Gasteiger partial charge in [-0.2, -0.15) is 0 Å². The van der Waals surface area contributed by atoms with Crippen molar-refractivity contribution in [2.24, 2.45) is 0 Å². The zero-order chi connectivity index (χ0) is 16.1. The van der Waals surface area contributed by atoms with Crippen molar-refractivity contribution in [3.63, 3.8) is 0 Å². The molecule has 6 heteroatoms. The molecule has 1 fully saturated rings. The smallest absolute Gasteiger partial charge is 0.257 e. The van der Waals surface area contributed by atoms with E-state index in [1.165, 1.54) is 0 Å². The monoisotopic (exact) mass is 308 g/mol. The van der Waals surface area contributed by atoms with Crippen molar-refractivity contribution < 1.29 is 19.0 Å². The summed E-state index contributed by atoms with van der Waals surface area (Å²) in [6.07, 6.45) is 1.91. The summed E-state index contributed by atoms with van der Waals surface area (Å²) < 4.78 is 15.9. The van der Waals surface area contributed by atoms with Crippen LogP contribution in [0.25, 0.3) is 0 Å². The summed E-state index contributed by atoms with van der Waals surface area (Å²) in [5.74, 6) is 1.53. The van der Waals surface area contributed by atoms with E-state index in [0.717, 1.165) is 25.9 Å². The Kier molecular flexibility index (Phi) is 5.49. The van der Waals surface area contributed by atoms with E-state index in [9.17, 15) is 4.79 Å². The number of benzene rings is 1. The Morgan fingerprint density at radius 3 is 2.09 bits per heavy atom. The fourth-order valence-electron chi connectivity index (χ4n) is 2.74. The van der Waals surface area contributed by atoms with E-state index >= 15 is 0 Å². The standard InChI is InChI=1S/C16H24N2O4/c1-17-11-5-7-18(8-6-11)16(19)12-9-14(21-3)15(22-4)10-13(12)20-2/h9-11,17H,5-8H2,1-4H3. The maximum atomic E-state index is 12.8. The number of carbonyl (C=O) groups excluding carboxylic acids is 1. The molecule has 22 heavy (non-hydrogen) atoms. The second-order valence-corrected chi connectivity index (χ2v) is 5.26. The molecule has 1 heterocycles. The molecule has 6 nitrogen and oxygen atoms in total. The van der Waals surface area contributed by atoms with Crippen LogP contribution in [0.5, 0.6) is 17.2 Å². The summed E-state index contributed by atoms with van der Waals surface area (Å²) in [4.78, 5) is 14.6. The van der Waals surface area contributed by atoms with Crippen LogP contribution in [0.4, 0.5) is 0 Å². The van der Waals surface area contributed by atoms with Crippen LogP contribution in [0.3, 0.4) is 0 Å². The predicted octanol–water partition coefficient (Wildman–Crippen LogP) is 1.54. The number of nitrogens with one attached hydrogen (secondary N) is 1. The average molecular weight is 308 g/mol. The van der Waals surface area contributed by atoms with Crippen molar-refractivity contribution >= 4 is 5.91 Å². The summed E-state index contributed by atoms with van der Waals surface area (Å²) in [6.45, 7) is 1.48. The number of methoxy groups -OCH3 is 3. The van der Waals surface area contributed by atoms with Crippen molar-refractivity contribution in [2.45, 2.75) is 18.9 Å². The molecule has 1 aromatic carbocycles. The number of rotatable bonds is 5. The Bertz CT molecular complexity index is 525. The molecular weight excluding hydrogens is 284 g/mol. The Hall–Kier alpha value is -1.95. The fourth-order valence-corrected chi connectivity index (χ4v) is 2.74. The molecule has 1 saturated heterocycles. The Morgan fingerprint density at radius 1 is 1.05 bits per heavy atom. The molecule has 1 aliphatic rings. The van der Waals surface area contributed by atoms with Crippen LogP contribution >= 0.6 is 0 Å². The van der Waals surface area contributed by atoms with Gasteiger partial charge in [-0.3, -0.25) is 4.79 Å². The van der Waals surface area contributed by atoms with Gasteiger partial charge in [-0.25, -0.2) is 0 Å². The van der Waals surface area contributed by atoms with Crippen LogP contribution in [0, 0.1) is 0 Å². The third-order valence-electron chi connectivity index (χ3n) is 4.13. The van der Waals surface area contributed by atoms with Gasteiger partial charge in [0.2, 0.25) is 0 Å². The van der Waals surface area contributed by atoms with Gasteiger partial charge in [0, 0.05) is 31.3 Å². The van der Waals surface area contributed by atoms with Crippen LogP contribution in [0.1, 0.15) is 23.2 Å². The number of likely N-dealkylation sites (tertiary alicyclic amines) is 1. The van der Waals surface area contributed by atoms with Crippen LogP contribution in [-0.2, 0) is 0 Å². The molecule has 122 valence electrons. The highest BCUT2D eigenvalue weighted by molar-refractivity contribution is 5.98. The molecule has 0 radical (unpaired) electrons. The second kappa shape index (κ2) is 7.35. The van der Waals surface area contributed by atoms with Gasteiger partial charge in [-0.05, 0) is 19.9 Å². The van der Waals surface area contributed by atoms with Crippen molar-refractivity contribution in [3.8, 4) is 17.2 Å². The van der Waals surface area contributed by atoms with Crippen LogP contribution in [-0.4, -0.2) is 58.3 Å². The lowest BCUT2D eigenvalue weighted by Crippen LogP contribution is -2.44. The normalized spacial score (nSPS) is 15.5. The number of carbonyl (C=O) groups is 1. The van der Waals surface area contributed by atoms with E-state index < -0.39 is 0 Å². The van der Waals surface area contributed by atoms with Crippen molar-refractivity contribution in [2.75, 3.05) is 41.5 Å². The minimum absolute atomic E-state index is 0.0349. The second-order valence-electron chi connectivity index (χ2n) is 5.26. The highest BCUT2D eigenvalue weighted by Crippen LogP contribution is 2.35. The molecule has 0 spiro atoms. The molecular formula is C16H24N2O4. The first kappa shape index (κ1) is 16.4. The quantitative estimate of drug-likeness (QED) is 0.894. The summed E-state index contributed by atoms with van der Waals surface area (Å²) in [5, 5.41) is 3.26. The molecule has 1 amide bonds. The summed E-state index contributed by atoms with van der Waals surface area (Å²) in [7, 11) is 6.61. The van der Waals surface area contributed by atoms with Crippen LogP contribution in [0.15, 0.2) is 12.1 Å².